The van der Waals surface area contributed by atoms with Crippen LogP contribution in [0.15, 0.2) is 77.7 Å². The molecule has 0 aliphatic carbocycles. The number of nitrogens with one attached hydrogen (secondary N) is 3. The fourth-order valence-corrected chi connectivity index (χ4v) is 4.02. The van der Waals surface area contributed by atoms with Crippen LogP contribution < -0.4 is 24.8 Å². The molecule has 0 aromatic heterocycles. The topological polar surface area (TPSA) is 123 Å². The normalized spacial score (nSPS) is 10.8. The monoisotopic (exact) mass is 483 g/mol. The van der Waals surface area contributed by atoms with E-state index in [4.69, 9.17) is 9.47 Å². The van der Waals surface area contributed by atoms with Crippen LogP contribution in [0.1, 0.15) is 17.3 Å². The number of carbonyl (C=O) groups is 2. The van der Waals surface area contributed by atoms with Gasteiger partial charge in [-0.05, 0) is 67.6 Å². The second kappa shape index (κ2) is 11.2. The lowest BCUT2D eigenvalue weighted by atomic mass is 10.2. The number of anilines is 2. The molecule has 0 atom stereocenters. The number of rotatable bonds is 10. The number of hydrogen-bond donors (Lipinski definition) is 3. The largest absolute Gasteiger partial charge is 0.495 e. The summed E-state index contributed by atoms with van der Waals surface area (Å²) in [7, 11) is -2.42. The van der Waals surface area contributed by atoms with Crippen molar-refractivity contribution < 1.29 is 27.5 Å². The SMILES string of the molecule is CCNC(=O)COc1ccc(NC(=O)c2ccc(S(=O)(=O)Nc3ccccc3OC)cc2)cc1. The number of carbonyl (C=O) groups excluding carboxylic acids is 2. The van der Waals surface area contributed by atoms with Gasteiger partial charge in [0.15, 0.2) is 6.61 Å². The maximum Gasteiger partial charge on any atom is 0.262 e. The minimum Gasteiger partial charge on any atom is -0.495 e. The van der Waals surface area contributed by atoms with E-state index < -0.39 is 15.9 Å². The third-order valence-corrected chi connectivity index (χ3v) is 6.02. The van der Waals surface area contributed by atoms with E-state index in [-0.39, 0.29) is 23.0 Å². The Bertz CT molecular complexity index is 1240. The first-order chi connectivity index (χ1) is 16.3. The van der Waals surface area contributed by atoms with Crippen molar-refractivity contribution in [3.8, 4) is 11.5 Å². The summed E-state index contributed by atoms with van der Waals surface area (Å²) in [4.78, 5) is 24.0. The molecule has 178 valence electrons. The van der Waals surface area contributed by atoms with Gasteiger partial charge in [-0.3, -0.25) is 14.3 Å². The van der Waals surface area contributed by atoms with E-state index in [1.54, 1.807) is 48.5 Å². The molecule has 34 heavy (non-hydrogen) atoms. The maximum atomic E-state index is 12.7. The summed E-state index contributed by atoms with van der Waals surface area (Å²) in [6, 6.07) is 18.8. The van der Waals surface area contributed by atoms with Gasteiger partial charge in [-0.25, -0.2) is 8.42 Å². The van der Waals surface area contributed by atoms with Gasteiger partial charge in [-0.15, -0.1) is 0 Å². The first kappa shape index (κ1) is 24.6. The Balaban J connectivity index is 1.62. The lowest BCUT2D eigenvalue weighted by molar-refractivity contribution is -0.122. The predicted octanol–water partition coefficient (Wildman–Crippen LogP) is 3.26. The highest BCUT2D eigenvalue weighted by Gasteiger charge is 2.17. The Morgan fingerprint density at radius 1 is 0.912 bits per heavy atom. The Hall–Kier alpha value is -4.05. The number of methoxy groups -OCH3 is 1. The second-order valence-electron chi connectivity index (χ2n) is 7.05. The minimum absolute atomic E-state index is 0.00330. The molecule has 0 heterocycles. The molecule has 0 bridgehead atoms. The molecule has 0 saturated carbocycles. The van der Waals surface area contributed by atoms with E-state index in [0.29, 0.717) is 29.4 Å². The zero-order chi connectivity index (χ0) is 24.6. The highest BCUT2D eigenvalue weighted by molar-refractivity contribution is 7.92. The van der Waals surface area contributed by atoms with Crippen molar-refractivity contribution in [2.75, 3.05) is 30.3 Å². The van der Waals surface area contributed by atoms with Crippen LogP contribution in [0.2, 0.25) is 0 Å². The van der Waals surface area contributed by atoms with E-state index in [2.05, 4.69) is 15.4 Å². The molecule has 0 fully saturated rings. The van der Waals surface area contributed by atoms with Crippen LogP contribution in [-0.4, -0.2) is 40.5 Å². The van der Waals surface area contributed by atoms with Crippen LogP contribution in [0, 0.1) is 0 Å². The summed E-state index contributed by atoms with van der Waals surface area (Å²) >= 11 is 0. The van der Waals surface area contributed by atoms with Crippen molar-refractivity contribution in [2.45, 2.75) is 11.8 Å². The van der Waals surface area contributed by atoms with Crippen molar-refractivity contribution in [1.29, 1.82) is 0 Å². The summed E-state index contributed by atoms with van der Waals surface area (Å²) in [6.45, 7) is 2.25. The van der Waals surface area contributed by atoms with Gasteiger partial charge in [0.1, 0.15) is 11.5 Å². The van der Waals surface area contributed by atoms with E-state index in [0.717, 1.165) is 0 Å². The lowest BCUT2D eigenvalue weighted by Gasteiger charge is -2.12. The molecule has 0 spiro atoms. The van der Waals surface area contributed by atoms with Gasteiger partial charge in [-0.2, -0.15) is 0 Å². The van der Waals surface area contributed by atoms with Crippen LogP contribution in [0.4, 0.5) is 11.4 Å². The molecule has 10 heteroatoms. The van der Waals surface area contributed by atoms with Crippen molar-refractivity contribution in [1.82, 2.24) is 5.32 Å². The number of hydrogen-bond acceptors (Lipinski definition) is 6. The smallest absolute Gasteiger partial charge is 0.262 e. The Kier molecular flexibility index (Phi) is 8.10. The number of amides is 2. The van der Waals surface area contributed by atoms with Gasteiger partial charge < -0.3 is 20.1 Å². The van der Waals surface area contributed by atoms with Gasteiger partial charge in [0, 0.05) is 17.8 Å². The molecular formula is C24H25N3O6S. The van der Waals surface area contributed by atoms with Crippen molar-refractivity contribution in [2.24, 2.45) is 0 Å². The Morgan fingerprint density at radius 3 is 2.24 bits per heavy atom. The highest BCUT2D eigenvalue weighted by Crippen LogP contribution is 2.26. The zero-order valence-corrected chi connectivity index (χ0v) is 19.5. The second-order valence-corrected chi connectivity index (χ2v) is 8.73. The summed E-state index contributed by atoms with van der Waals surface area (Å²) < 4.78 is 38.4. The quantitative estimate of drug-likeness (QED) is 0.407. The predicted molar refractivity (Wildman–Crippen MR) is 129 cm³/mol. The molecule has 9 nitrogen and oxygen atoms in total. The summed E-state index contributed by atoms with van der Waals surface area (Å²) in [5.74, 6) is 0.255. The van der Waals surface area contributed by atoms with Crippen molar-refractivity contribution in [3.63, 3.8) is 0 Å². The molecule has 3 aromatic carbocycles. The van der Waals surface area contributed by atoms with Crippen LogP contribution in [-0.2, 0) is 14.8 Å². The van der Waals surface area contributed by atoms with E-state index in [9.17, 15) is 18.0 Å². The fraction of sp³-hybridized carbons (Fsp3) is 0.167. The van der Waals surface area contributed by atoms with Gasteiger partial charge in [0.25, 0.3) is 21.8 Å². The van der Waals surface area contributed by atoms with Gasteiger partial charge in [0.2, 0.25) is 0 Å². The minimum atomic E-state index is -3.87. The Morgan fingerprint density at radius 2 is 1.59 bits per heavy atom. The third-order valence-electron chi connectivity index (χ3n) is 4.63. The number of benzene rings is 3. The Labute approximate surface area is 198 Å². The summed E-state index contributed by atoms with van der Waals surface area (Å²) in [6.07, 6.45) is 0. The number of sulfonamides is 1. The van der Waals surface area contributed by atoms with Crippen molar-refractivity contribution >= 4 is 33.2 Å². The average Bonchev–Trinajstić information content (AvgIpc) is 2.84. The molecule has 0 aliphatic rings. The van der Waals surface area contributed by atoms with Crippen LogP contribution in [0.3, 0.4) is 0 Å². The number of para-hydroxylation sites is 2. The van der Waals surface area contributed by atoms with Crippen LogP contribution in [0.25, 0.3) is 0 Å². The molecular weight excluding hydrogens is 458 g/mol. The molecule has 0 unspecified atom stereocenters. The van der Waals surface area contributed by atoms with Crippen LogP contribution >= 0.6 is 0 Å². The zero-order valence-electron chi connectivity index (χ0n) is 18.7. The van der Waals surface area contributed by atoms with Crippen molar-refractivity contribution in [3.05, 3.63) is 78.4 Å². The van der Waals surface area contributed by atoms with Crippen LogP contribution in [0.5, 0.6) is 11.5 Å². The molecule has 3 N–H and O–H groups in total. The third kappa shape index (κ3) is 6.48. The van der Waals surface area contributed by atoms with Gasteiger partial charge >= 0.3 is 0 Å². The molecule has 3 rings (SSSR count). The van der Waals surface area contributed by atoms with E-state index >= 15 is 0 Å². The molecule has 0 saturated heterocycles. The van der Waals surface area contributed by atoms with E-state index in [1.165, 1.54) is 31.4 Å². The highest BCUT2D eigenvalue weighted by atomic mass is 32.2. The maximum absolute atomic E-state index is 12.7. The standard InChI is InChI=1S/C24H25N3O6S/c1-3-25-23(28)16-33-19-12-10-18(11-13-19)26-24(29)17-8-14-20(15-9-17)34(30,31)27-21-6-4-5-7-22(21)32-2/h4-15,27H,3,16H2,1-2H3,(H,25,28)(H,26,29). The average molecular weight is 484 g/mol. The number of ether oxygens (including phenoxy) is 2. The molecule has 0 aliphatic heterocycles. The fourth-order valence-electron chi connectivity index (χ4n) is 2.95. The first-order valence-electron chi connectivity index (χ1n) is 10.4. The molecule has 0 radical (unpaired) electrons. The van der Waals surface area contributed by atoms with Gasteiger partial charge in [-0.1, -0.05) is 12.1 Å². The first-order valence-corrected chi connectivity index (χ1v) is 11.9. The van der Waals surface area contributed by atoms with Gasteiger partial charge in [0.05, 0.1) is 17.7 Å². The number of likely N-dealkylation sites (N-methyl/N-ethyl adjacent to an activating group) is 1. The summed E-state index contributed by atoms with van der Waals surface area (Å²) in [5, 5.41) is 5.36. The van der Waals surface area contributed by atoms with E-state index in [1.807, 2.05) is 6.92 Å². The molecule has 3 aromatic rings. The lowest BCUT2D eigenvalue weighted by Crippen LogP contribution is -2.28. The summed E-state index contributed by atoms with van der Waals surface area (Å²) in [5.41, 5.74) is 1.11. The molecule has 2 amide bonds.